The Hall–Kier alpha value is -2.27. The second-order valence-electron chi connectivity index (χ2n) is 6.07. The standard InChI is InChI=1S/C18H17ClN2O3/c19-12-7-8-15-14(10-12)20-17(24-15)11-21(13-4-1-2-5-13)18(22)16-6-3-9-23-16/h3,6-10,13H,1-2,4-5,11H2. The maximum Gasteiger partial charge on any atom is 0.290 e. The molecular formula is C18H17ClN2O3. The van der Waals surface area contributed by atoms with Crippen molar-refractivity contribution in [3.63, 3.8) is 0 Å². The Balaban J connectivity index is 1.63. The van der Waals surface area contributed by atoms with Gasteiger partial charge in [0.05, 0.1) is 12.8 Å². The number of hydrogen-bond acceptors (Lipinski definition) is 4. The summed E-state index contributed by atoms with van der Waals surface area (Å²) < 4.78 is 11.1. The van der Waals surface area contributed by atoms with Crippen LogP contribution in [0.25, 0.3) is 11.1 Å². The van der Waals surface area contributed by atoms with Gasteiger partial charge in [-0.3, -0.25) is 4.79 Å². The maximum atomic E-state index is 12.8. The summed E-state index contributed by atoms with van der Waals surface area (Å²) in [6.45, 7) is 0.330. The van der Waals surface area contributed by atoms with E-state index in [2.05, 4.69) is 4.98 Å². The molecule has 24 heavy (non-hydrogen) atoms. The molecule has 5 nitrogen and oxygen atoms in total. The number of nitrogens with zero attached hydrogens (tertiary/aromatic N) is 2. The molecule has 2 aromatic heterocycles. The number of halogens is 1. The number of carbonyl (C=O) groups excluding carboxylic acids is 1. The average Bonchev–Trinajstić information content (AvgIpc) is 3.31. The minimum absolute atomic E-state index is 0.118. The number of benzene rings is 1. The highest BCUT2D eigenvalue weighted by Crippen LogP contribution is 2.28. The molecule has 0 atom stereocenters. The van der Waals surface area contributed by atoms with Crippen LogP contribution in [-0.4, -0.2) is 21.8 Å². The number of amides is 1. The highest BCUT2D eigenvalue weighted by Gasteiger charge is 2.30. The fraction of sp³-hybridized carbons (Fsp3) is 0.333. The Morgan fingerprint density at radius 2 is 2.12 bits per heavy atom. The van der Waals surface area contributed by atoms with Gasteiger partial charge < -0.3 is 13.7 Å². The van der Waals surface area contributed by atoms with Gasteiger partial charge in [0.15, 0.2) is 11.3 Å². The van der Waals surface area contributed by atoms with Crippen molar-refractivity contribution >= 4 is 28.6 Å². The lowest BCUT2D eigenvalue weighted by Gasteiger charge is -2.26. The molecule has 1 aliphatic rings. The lowest BCUT2D eigenvalue weighted by atomic mass is 10.2. The van der Waals surface area contributed by atoms with Gasteiger partial charge in [-0.05, 0) is 43.2 Å². The van der Waals surface area contributed by atoms with Crippen molar-refractivity contribution in [1.29, 1.82) is 0 Å². The normalized spacial score (nSPS) is 15.2. The summed E-state index contributed by atoms with van der Waals surface area (Å²) in [4.78, 5) is 19.1. The minimum Gasteiger partial charge on any atom is -0.459 e. The van der Waals surface area contributed by atoms with Crippen LogP contribution in [-0.2, 0) is 6.54 Å². The van der Waals surface area contributed by atoms with Gasteiger partial charge in [0.1, 0.15) is 5.52 Å². The van der Waals surface area contributed by atoms with Gasteiger partial charge in [-0.1, -0.05) is 24.4 Å². The van der Waals surface area contributed by atoms with E-state index in [-0.39, 0.29) is 11.9 Å². The van der Waals surface area contributed by atoms with Crippen molar-refractivity contribution in [2.75, 3.05) is 0 Å². The number of aromatic nitrogens is 1. The van der Waals surface area contributed by atoms with E-state index in [1.54, 1.807) is 30.3 Å². The zero-order chi connectivity index (χ0) is 16.5. The summed E-state index contributed by atoms with van der Waals surface area (Å²) in [7, 11) is 0. The highest BCUT2D eigenvalue weighted by molar-refractivity contribution is 6.31. The number of carbonyl (C=O) groups is 1. The molecule has 2 heterocycles. The van der Waals surface area contributed by atoms with Crippen molar-refractivity contribution in [3.05, 3.63) is 53.3 Å². The molecule has 3 aromatic rings. The van der Waals surface area contributed by atoms with Crippen molar-refractivity contribution in [2.24, 2.45) is 0 Å². The Morgan fingerprint density at radius 1 is 1.29 bits per heavy atom. The van der Waals surface area contributed by atoms with Crippen LogP contribution < -0.4 is 0 Å². The number of fused-ring (bicyclic) bond motifs is 1. The van der Waals surface area contributed by atoms with Crippen molar-refractivity contribution in [1.82, 2.24) is 9.88 Å². The molecule has 0 aliphatic heterocycles. The summed E-state index contributed by atoms with van der Waals surface area (Å²) in [5.74, 6) is 0.743. The highest BCUT2D eigenvalue weighted by atomic mass is 35.5. The van der Waals surface area contributed by atoms with Gasteiger partial charge >= 0.3 is 0 Å². The van der Waals surface area contributed by atoms with Gasteiger partial charge in [0.25, 0.3) is 5.91 Å². The van der Waals surface area contributed by atoms with Crippen LogP contribution in [0.4, 0.5) is 0 Å². The molecule has 1 fully saturated rings. The predicted molar refractivity (Wildman–Crippen MR) is 89.9 cm³/mol. The number of furan rings is 1. The fourth-order valence-corrected chi connectivity index (χ4v) is 3.45. The molecule has 0 N–H and O–H groups in total. The van der Waals surface area contributed by atoms with E-state index in [1.807, 2.05) is 4.90 Å². The van der Waals surface area contributed by atoms with Crippen molar-refractivity contribution in [2.45, 2.75) is 38.3 Å². The van der Waals surface area contributed by atoms with E-state index in [0.29, 0.717) is 34.3 Å². The van der Waals surface area contributed by atoms with Gasteiger partial charge in [-0.25, -0.2) is 4.98 Å². The third-order valence-corrected chi connectivity index (χ3v) is 4.69. The average molecular weight is 345 g/mol. The lowest BCUT2D eigenvalue weighted by Crippen LogP contribution is -2.38. The molecule has 0 radical (unpaired) electrons. The second-order valence-corrected chi connectivity index (χ2v) is 6.50. The number of hydrogen-bond donors (Lipinski definition) is 0. The zero-order valence-corrected chi connectivity index (χ0v) is 13.8. The second kappa shape index (κ2) is 6.32. The molecular weight excluding hydrogens is 328 g/mol. The smallest absolute Gasteiger partial charge is 0.290 e. The molecule has 0 saturated heterocycles. The molecule has 0 spiro atoms. The molecule has 1 aromatic carbocycles. The van der Waals surface area contributed by atoms with Crippen LogP contribution in [0.2, 0.25) is 5.02 Å². The zero-order valence-electron chi connectivity index (χ0n) is 13.1. The van der Waals surface area contributed by atoms with Gasteiger partial charge in [0.2, 0.25) is 5.89 Å². The molecule has 0 bridgehead atoms. The summed E-state index contributed by atoms with van der Waals surface area (Å²) in [6.07, 6.45) is 5.78. The van der Waals surface area contributed by atoms with Crippen LogP contribution in [0.3, 0.4) is 0 Å². The summed E-state index contributed by atoms with van der Waals surface area (Å²) in [5, 5.41) is 0.613. The monoisotopic (exact) mass is 344 g/mol. The first kappa shape index (κ1) is 15.3. The number of rotatable bonds is 4. The largest absolute Gasteiger partial charge is 0.459 e. The van der Waals surface area contributed by atoms with E-state index in [0.717, 1.165) is 25.7 Å². The first-order valence-corrected chi connectivity index (χ1v) is 8.48. The molecule has 0 unspecified atom stereocenters. The third kappa shape index (κ3) is 2.91. The Bertz CT molecular complexity index is 850. The Morgan fingerprint density at radius 3 is 2.88 bits per heavy atom. The summed E-state index contributed by atoms with van der Waals surface area (Å²) in [5.41, 5.74) is 1.38. The van der Waals surface area contributed by atoms with E-state index < -0.39 is 0 Å². The first-order valence-electron chi connectivity index (χ1n) is 8.10. The van der Waals surface area contributed by atoms with Crippen LogP contribution in [0, 0.1) is 0 Å². The quantitative estimate of drug-likeness (QED) is 0.690. The van der Waals surface area contributed by atoms with E-state index in [4.69, 9.17) is 20.4 Å². The van der Waals surface area contributed by atoms with Gasteiger partial charge in [0, 0.05) is 11.1 Å². The van der Waals surface area contributed by atoms with Crippen LogP contribution in [0.15, 0.2) is 45.4 Å². The topological polar surface area (TPSA) is 59.5 Å². The predicted octanol–water partition coefficient (Wildman–Crippen LogP) is 4.66. The molecule has 4 rings (SSSR count). The first-order chi connectivity index (χ1) is 11.7. The third-order valence-electron chi connectivity index (χ3n) is 4.46. The summed E-state index contributed by atoms with van der Waals surface area (Å²) in [6, 6.07) is 8.93. The molecule has 6 heteroatoms. The van der Waals surface area contributed by atoms with Gasteiger partial charge in [-0.2, -0.15) is 0 Å². The number of oxazole rings is 1. The maximum absolute atomic E-state index is 12.8. The SMILES string of the molecule is O=C(c1ccco1)N(Cc1nc2cc(Cl)ccc2o1)C1CCCC1. The van der Waals surface area contributed by atoms with E-state index in [1.165, 1.54) is 6.26 Å². The molecule has 1 aliphatic carbocycles. The fourth-order valence-electron chi connectivity index (χ4n) is 3.29. The summed E-state index contributed by atoms with van der Waals surface area (Å²) >= 11 is 6.00. The van der Waals surface area contributed by atoms with Crippen molar-refractivity contribution < 1.29 is 13.6 Å². The van der Waals surface area contributed by atoms with E-state index >= 15 is 0 Å². The van der Waals surface area contributed by atoms with Crippen LogP contribution in [0.1, 0.15) is 42.1 Å². The Kier molecular flexibility index (Phi) is 4.02. The lowest BCUT2D eigenvalue weighted by molar-refractivity contribution is 0.0613. The van der Waals surface area contributed by atoms with E-state index in [9.17, 15) is 4.79 Å². The van der Waals surface area contributed by atoms with Crippen molar-refractivity contribution in [3.8, 4) is 0 Å². The Labute approximate surface area is 144 Å². The van der Waals surface area contributed by atoms with Crippen LogP contribution in [0.5, 0.6) is 0 Å². The molecule has 1 saturated carbocycles. The minimum atomic E-state index is -0.118. The molecule has 1 amide bonds. The van der Waals surface area contributed by atoms with Crippen LogP contribution >= 0.6 is 11.6 Å². The van der Waals surface area contributed by atoms with Gasteiger partial charge in [-0.15, -0.1) is 0 Å². The molecule has 124 valence electrons.